The van der Waals surface area contributed by atoms with Crippen molar-refractivity contribution in [3.8, 4) is 11.5 Å². The molecule has 0 aliphatic heterocycles. The second kappa shape index (κ2) is 10.7. The van der Waals surface area contributed by atoms with Crippen LogP contribution < -0.4 is 9.47 Å². The van der Waals surface area contributed by atoms with Gasteiger partial charge in [-0.15, -0.1) is 0 Å². The number of methoxy groups -OCH3 is 2. The Balaban J connectivity index is 2.32. The van der Waals surface area contributed by atoms with Gasteiger partial charge in [0.15, 0.2) is 17.5 Å². The second-order valence-electron chi connectivity index (χ2n) is 6.25. The first kappa shape index (κ1) is 22.6. The fourth-order valence-corrected chi connectivity index (χ4v) is 3.21. The lowest BCUT2D eigenvalue weighted by Crippen LogP contribution is -2.40. The van der Waals surface area contributed by atoms with E-state index in [1.165, 1.54) is 4.90 Å². The molecule has 1 atom stereocenters. The third-order valence-electron chi connectivity index (χ3n) is 4.47. The highest BCUT2D eigenvalue weighted by molar-refractivity contribution is 6.30. The quantitative estimate of drug-likeness (QED) is 0.573. The van der Waals surface area contributed by atoms with E-state index >= 15 is 0 Å². The monoisotopic (exact) mass is 419 g/mol. The van der Waals surface area contributed by atoms with E-state index in [1.807, 2.05) is 6.92 Å². The van der Waals surface area contributed by atoms with Crippen LogP contribution in [0.1, 0.15) is 31.0 Å². The molecule has 2 aromatic rings. The number of benzene rings is 2. The van der Waals surface area contributed by atoms with Crippen molar-refractivity contribution in [1.29, 1.82) is 0 Å². The average molecular weight is 420 g/mol. The summed E-state index contributed by atoms with van der Waals surface area (Å²) in [7, 11) is 3.09. The van der Waals surface area contributed by atoms with Gasteiger partial charge in [0.2, 0.25) is 5.91 Å². The summed E-state index contributed by atoms with van der Waals surface area (Å²) in [5.74, 6) is 0.451. The van der Waals surface area contributed by atoms with Gasteiger partial charge in [-0.3, -0.25) is 4.79 Å². The van der Waals surface area contributed by atoms with E-state index in [0.29, 0.717) is 28.6 Å². The molecular weight excluding hydrogens is 394 g/mol. The van der Waals surface area contributed by atoms with E-state index in [2.05, 4.69) is 0 Å². The van der Waals surface area contributed by atoms with Crippen molar-refractivity contribution in [2.24, 2.45) is 0 Å². The largest absolute Gasteiger partial charge is 0.493 e. The Morgan fingerprint density at radius 1 is 1.00 bits per heavy atom. The van der Waals surface area contributed by atoms with E-state index < -0.39 is 12.0 Å². The van der Waals surface area contributed by atoms with Crippen molar-refractivity contribution in [3.05, 3.63) is 58.6 Å². The van der Waals surface area contributed by atoms with Gasteiger partial charge in [0.1, 0.15) is 0 Å². The van der Waals surface area contributed by atoms with E-state index in [-0.39, 0.29) is 18.9 Å². The lowest BCUT2D eigenvalue weighted by molar-refractivity contribution is -0.155. The molecule has 0 aliphatic carbocycles. The average Bonchev–Trinajstić information content (AvgIpc) is 2.72. The molecule has 156 valence electrons. The number of halogens is 1. The number of carbonyl (C=O) groups excluding carboxylic acids is 2. The molecule has 0 aromatic heterocycles. The van der Waals surface area contributed by atoms with Crippen molar-refractivity contribution in [2.45, 2.75) is 26.3 Å². The predicted octanol–water partition coefficient (Wildman–Crippen LogP) is 4.05. The van der Waals surface area contributed by atoms with Crippen LogP contribution in [0.2, 0.25) is 5.02 Å². The molecule has 0 saturated heterocycles. The first-order chi connectivity index (χ1) is 13.9. The van der Waals surface area contributed by atoms with Crippen LogP contribution >= 0.6 is 11.6 Å². The first-order valence-corrected chi connectivity index (χ1v) is 9.75. The smallest absolute Gasteiger partial charge is 0.333 e. The van der Waals surface area contributed by atoms with Gasteiger partial charge < -0.3 is 19.1 Å². The Labute approximate surface area is 176 Å². The van der Waals surface area contributed by atoms with Gasteiger partial charge in [-0.1, -0.05) is 29.8 Å². The van der Waals surface area contributed by atoms with Crippen molar-refractivity contribution in [3.63, 3.8) is 0 Å². The molecule has 0 spiro atoms. The SMILES string of the molecule is CCOC(=O)C(c1ccc(Cl)cc1)N(CC)C(=O)Cc1ccc(OC)c(OC)c1. The normalized spacial score (nSPS) is 11.5. The van der Waals surface area contributed by atoms with Gasteiger partial charge in [0.05, 0.1) is 27.2 Å². The van der Waals surface area contributed by atoms with E-state index in [0.717, 1.165) is 5.56 Å². The van der Waals surface area contributed by atoms with Crippen molar-refractivity contribution >= 4 is 23.5 Å². The summed E-state index contributed by atoms with van der Waals surface area (Å²) in [6.07, 6.45) is 0.109. The van der Waals surface area contributed by atoms with Crippen LogP contribution in [-0.2, 0) is 20.7 Å². The zero-order valence-corrected chi connectivity index (χ0v) is 17.9. The van der Waals surface area contributed by atoms with Gasteiger partial charge >= 0.3 is 5.97 Å². The van der Waals surface area contributed by atoms with E-state index in [9.17, 15) is 9.59 Å². The second-order valence-corrected chi connectivity index (χ2v) is 6.69. The summed E-state index contributed by atoms with van der Waals surface area (Å²) < 4.78 is 15.8. The first-order valence-electron chi connectivity index (χ1n) is 9.37. The molecule has 0 radical (unpaired) electrons. The number of hydrogen-bond acceptors (Lipinski definition) is 5. The van der Waals surface area contributed by atoms with Crippen LogP contribution in [0.5, 0.6) is 11.5 Å². The Morgan fingerprint density at radius 3 is 2.21 bits per heavy atom. The molecule has 0 heterocycles. The lowest BCUT2D eigenvalue weighted by atomic mass is 10.0. The molecule has 2 rings (SSSR count). The predicted molar refractivity (Wildman–Crippen MR) is 111 cm³/mol. The van der Waals surface area contributed by atoms with Crippen molar-refractivity contribution in [1.82, 2.24) is 4.90 Å². The number of rotatable bonds is 9. The Hall–Kier alpha value is -2.73. The molecule has 1 amide bonds. The van der Waals surface area contributed by atoms with Crippen LogP contribution in [0, 0.1) is 0 Å². The highest BCUT2D eigenvalue weighted by Crippen LogP contribution is 2.29. The number of nitrogens with zero attached hydrogens (tertiary/aromatic N) is 1. The lowest BCUT2D eigenvalue weighted by Gasteiger charge is -2.29. The molecular formula is C22H26ClNO5. The Kier molecular flexibility index (Phi) is 8.34. The van der Waals surface area contributed by atoms with Gasteiger partial charge in [-0.25, -0.2) is 4.79 Å². The standard InChI is InChI=1S/C22H26ClNO5/c1-5-24(20(25)14-15-7-12-18(27-3)19(13-15)28-4)21(22(26)29-6-2)16-8-10-17(23)11-9-16/h7-13,21H,5-6,14H2,1-4H3. The van der Waals surface area contributed by atoms with Crippen molar-refractivity contribution in [2.75, 3.05) is 27.4 Å². The van der Waals surface area contributed by atoms with Gasteiger partial charge in [-0.2, -0.15) is 0 Å². The maximum Gasteiger partial charge on any atom is 0.333 e. The highest BCUT2D eigenvalue weighted by Gasteiger charge is 2.31. The molecule has 29 heavy (non-hydrogen) atoms. The summed E-state index contributed by atoms with van der Waals surface area (Å²) in [6, 6.07) is 11.3. The number of ether oxygens (including phenoxy) is 3. The molecule has 0 aliphatic rings. The number of likely N-dealkylation sites (N-methyl/N-ethyl adjacent to an activating group) is 1. The van der Waals surface area contributed by atoms with Gasteiger partial charge in [0, 0.05) is 11.6 Å². The molecule has 6 nitrogen and oxygen atoms in total. The van der Waals surface area contributed by atoms with Crippen LogP contribution in [0.15, 0.2) is 42.5 Å². The fraction of sp³-hybridized carbons (Fsp3) is 0.364. The van der Waals surface area contributed by atoms with Crippen LogP contribution in [0.25, 0.3) is 0 Å². The van der Waals surface area contributed by atoms with E-state index in [1.54, 1.807) is 63.6 Å². The molecule has 2 aromatic carbocycles. The zero-order chi connectivity index (χ0) is 21.4. The third kappa shape index (κ3) is 5.64. The number of amides is 1. The van der Waals surface area contributed by atoms with E-state index in [4.69, 9.17) is 25.8 Å². The van der Waals surface area contributed by atoms with Crippen LogP contribution in [0.4, 0.5) is 0 Å². The Morgan fingerprint density at radius 2 is 1.66 bits per heavy atom. The molecule has 0 saturated carbocycles. The summed E-state index contributed by atoms with van der Waals surface area (Å²) >= 11 is 5.97. The maximum absolute atomic E-state index is 13.1. The molecule has 0 N–H and O–H groups in total. The zero-order valence-electron chi connectivity index (χ0n) is 17.1. The summed E-state index contributed by atoms with van der Waals surface area (Å²) in [5, 5.41) is 0.552. The number of carbonyl (C=O) groups is 2. The van der Waals surface area contributed by atoms with Gasteiger partial charge in [-0.05, 0) is 49.2 Å². The van der Waals surface area contributed by atoms with Gasteiger partial charge in [0.25, 0.3) is 0 Å². The van der Waals surface area contributed by atoms with Crippen molar-refractivity contribution < 1.29 is 23.8 Å². The van der Waals surface area contributed by atoms with Crippen LogP contribution in [-0.4, -0.2) is 44.1 Å². The summed E-state index contributed by atoms with van der Waals surface area (Å²) in [6.45, 7) is 4.13. The molecule has 0 bridgehead atoms. The third-order valence-corrected chi connectivity index (χ3v) is 4.72. The Bertz CT molecular complexity index is 838. The fourth-order valence-electron chi connectivity index (χ4n) is 3.08. The minimum absolute atomic E-state index is 0.109. The highest BCUT2D eigenvalue weighted by atomic mass is 35.5. The summed E-state index contributed by atoms with van der Waals surface area (Å²) in [4.78, 5) is 27.3. The molecule has 1 unspecified atom stereocenters. The topological polar surface area (TPSA) is 65.1 Å². The number of esters is 1. The molecule has 7 heteroatoms. The van der Waals surface area contributed by atoms with Crippen LogP contribution in [0.3, 0.4) is 0 Å². The maximum atomic E-state index is 13.1. The molecule has 0 fully saturated rings. The minimum atomic E-state index is -0.843. The summed E-state index contributed by atoms with van der Waals surface area (Å²) in [5.41, 5.74) is 1.40. The number of hydrogen-bond donors (Lipinski definition) is 0. The minimum Gasteiger partial charge on any atom is -0.493 e.